The van der Waals surface area contributed by atoms with Crippen LogP contribution in [0.5, 0.6) is 0 Å². The first-order valence-electron chi connectivity index (χ1n) is 10.9. The second kappa shape index (κ2) is 8.06. The van der Waals surface area contributed by atoms with Crippen LogP contribution in [0.1, 0.15) is 54.2 Å². The minimum atomic E-state index is -0.726. The molecule has 0 N–H and O–H groups in total. The van der Waals surface area contributed by atoms with Gasteiger partial charge in [0.05, 0.1) is 21.5 Å². The van der Waals surface area contributed by atoms with Gasteiger partial charge in [-0.15, -0.1) is 0 Å². The molecule has 174 valence electrons. The molecule has 8 heteroatoms. The second-order valence-electron chi connectivity index (χ2n) is 9.60. The number of benzene rings is 3. The van der Waals surface area contributed by atoms with Gasteiger partial charge >= 0.3 is 0 Å². The molecule has 3 aromatic rings. The standard InChI is InChI=1S/C26H25N3O5/c1-17-10-11-22-23(12-17)27(25(2,3)16-26(22,4)19-8-6-5-7-9-19)24(30)18-13-20(28(31)32)15-21(14-18)29(33)34/h5-15H,16H2,1-4H3/t26-/m1/s1. The van der Waals surface area contributed by atoms with Gasteiger partial charge in [-0.3, -0.25) is 25.0 Å². The highest BCUT2D eigenvalue weighted by Crippen LogP contribution is 2.51. The van der Waals surface area contributed by atoms with E-state index in [1.54, 1.807) is 4.90 Å². The quantitative estimate of drug-likeness (QED) is 0.354. The highest BCUT2D eigenvalue weighted by molar-refractivity contribution is 6.08. The van der Waals surface area contributed by atoms with Crippen molar-refractivity contribution in [1.29, 1.82) is 0 Å². The normalized spacial score (nSPS) is 18.8. The van der Waals surface area contributed by atoms with Gasteiger partial charge in [0.2, 0.25) is 0 Å². The first-order valence-corrected chi connectivity index (χ1v) is 10.9. The zero-order valence-corrected chi connectivity index (χ0v) is 19.4. The van der Waals surface area contributed by atoms with Crippen LogP contribution >= 0.6 is 0 Å². The fourth-order valence-electron chi connectivity index (χ4n) is 5.17. The number of nitro benzene ring substituents is 2. The van der Waals surface area contributed by atoms with Crippen molar-refractivity contribution in [2.75, 3.05) is 4.90 Å². The van der Waals surface area contributed by atoms with E-state index < -0.39 is 32.7 Å². The third-order valence-corrected chi connectivity index (χ3v) is 6.57. The van der Waals surface area contributed by atoms with Gasteiger partial charge in [-0.1, -0.05) is 49.4 Å². The highest BCUT2D eigenvalue weighted by Gasteiger charge is 2.48. The number of aryl methyl sites for hydroxylation is 1. The van der Waals surface area contributed by atoms with Gasteiger partial charge < -0.3 is 4.90 Å². The molecule has 1 aliphatic rings. The zero-order chi connectivity index (χ0) is 24.8. The van der Waals surface area contributed by atoms with Crippen molar-refractivity contribution in [3.05, 3.63) is 109 Å². The van der Waals surface area contributed by atoms with Crippen LogP contribution in [0.25, 0.3) is 0 Å². The minimum Gasteiger partial charge on any atom is -0.302 e. The number of carbonyl (C=O) groups is 1. The van der Waals surface area contributed by atoms with Gasteiger partial charge in [0, 0.05) is 28.8 Å². The lowest BCUT2D eigenvalue weighted by molar-refractivity contribution is -0.394. The lowest BCUT2D eigenvalue weighted by Gasteiger charge is -2.51. The lowest BCUT2D eigenvalue weighted by Crippen LogP contribution is -2.56. The van der Waals surface area contributed by atoms with Crippen molar-refractivity contribution in [3.63, 3.8) is 0 Å². The summed E-state index contributed by atoms with van der Waals surface area (Å²) < 4.78 is 0. The third kappa shape index (κ3) is 3.81. The van der Waals surface area contributed by atoms with E-state index in [1.165, 1.54) is 0 Å². The molecule has 8 nitrogen and oxygen atoms in total. The summed E-state index contributed by atoms with van der Waals surface area (Å²) in [5, 5.41) is 22.8. The number of nitro groups is 2. The number of anilines is 1. The average Bonchev–Trinajstić information content (AvgIpc) is 2.78. The molecule has 3 aromatic carbocycles. The summed E-state index contributed by atoms with van der Waals surface area (Å²) in [6.07, 6.45) is 0.586. The van der Waals surface area contributed by atoms with E-state index in [0.29, 0.717) is 12.1 Å². The monoisotopic (exact) mass is 459 g/mol. The van der Waals surface area contributed by atoms with Crippen molar-refractivity contribution >= 4 is 23.0 Å². The van der Waals surface area contributed by atoms with E-state index in [4.69, 9.17) is 0 Å². The van der Waals surface area contributed by atoms with Gasteiger partial charge in [-0.05, 0) is 49.9 Å². The molecule has 0 saturated heterocycles. The summed E-state index contributed by atoms with van der Waals surface area (Å²) >= 11 is 0. The maximum atomic E-state index is 13.9. The van der Waals surface area contributed by atoms with Crippen LogP contribution in [0.2, 0.25) is 0 Å². The minimum absolute atomic E-state index is 0.0928. The van der Waals surface area contributed by atoms with Gasteiger partial charge in [-0.25, -0.2) is 0 Å². The molecule has 1 atom stereocenters. The Morgan fingerprint density at radius 2 is 1.47 bits per heavy atom. The molecule has 0 aliphatic carbocycles. The van der Waals surface area contributed by atoms with Crippen LogP contribution in [0.15, 0.2) is 66.7 Å². The summed E-state index contributed by atoms with van der Waals surface area (Å²) in [4.78, 5) is 36.8. The van der Waals surface area contributed by atoms with E-state index in [0.717, 1.165) is 34.9 Å². The molecule has 1 heterocycles. The Hall–Kier alpha value is -4.07. The second-order valence-corrected chi connectivity index (χ2v) is 9.60. The van der Waals surface area contributed by atoms with Gasteiger partial charge in [0.25, 0.3) is 17.3 Å². The number of hydrogen-bond donors (Lipinski definition) is 0. The first-order chi connectivity index (χ1) is 15.9. The van der Waals surface area contributed by atoms with Crippen molar-refractivity contribution in [2.24, 2.45) is 0 Å². The molecule has 0 unspecified atom stereocenters. The van der Waals surface area contributed by atoms with E-state index in [2.05, 4.69) is 19.1 Å². The molecule has 0 spiro atoms. The van der Waals surface area contributed by atoms with Crippen LogP contribution in [-0.4, -0.2) is 21.3 Å². The number of amides is 1. The Morgan fingerprint density at radius 3 is 2.03 bits per heavy atom. The molecule has 4 rings (SSSR count). The first kappa shape index (κ1) is 23.1. The Balaban J connectivity index is 1.93. The largest absolute Gasteiger partial charge is 0.302 e. The maximum Gasteiger partial charge on any atom is 0.277 e. The van der Waals surface area contributed by atoms with E-state index in [1.807, 2.05) is 57.2 Å². The number of nitrogens with zero attached hydrogens (tertiary/aromatic N) is 3. The van der Waals surface area contributed by atoms with Crippen molar-refractivity contribution in [2.45, 2.75) is 45.1 Å². The SMILES string of the molecule is Cc1ccc2c(c1)N(C(=O)c1cc([N+](=O)[O-])cc([N+](=O)[O-])c1)C(C)(C)C[C@]2(C)c1ccccc1. The van der Waals surface area contributed by atoms with Gasteiger partial charge in [-0.2, -0.15) is 0 Å². The van der Waals surface area contributed by atoms with E-state index in [9.17, 15) is 25.0 Å². The molecule has 0 radical (unpaired) electrons. The Morgan fingerprint density at radius 1 is 0.882 bits per heavy atom. The molecule has 1 aliphatic heterocycles. The molecule has 34 heavy (non-hydrogen) atoms. The summed E-state index contributed by atoms with van der Waals surface area (Å²) in [6, 6.07) is 19.1. The predicted octanol–water partition coefficient (Wildman–Crippen LogP) is 5.95. The lowest BCUT2D eigenvalue weighted by atomic mass is 9.65. The van der Waals surface area contributed by atoms with Crippen LogP contribution in [0.4, 0.5) is 17.1 Å². The number of carbonyl (C=O) groups excluding carboxylic acids is 1. The molecule has 0 bridgehead atoms. The van der Waals surface area contributed by atoms with Gasteiger partial charge in [0.1, 0.15) is 0 Å². The number of fused-ring (bicyclic) bond motifs is 1. The van der Waals surface area contributed by atoms with Crippen LogP contribution in [0, 0.1) is 27.2 Å². The van der Waals surface area contributed by atoms with Crippen LogP contribution in [-0.2, 0) is 5.41 Å². The molecule has 0 saturated carbocycles. The zero-order valence-electron chi connectivity index (χ0n) is 19.4. The number of non-ortho nitro benzene ring substituents is 2. The smallest absolute Gasteiger partial charge is 0.277 e. The summed E-state index contributed by atoms with van der Waals surface area (Å²) in [7, 11) is 0. The topological polar surface area (TPSA) is 107 Å². The number of rotatable bonds is 4. The van der Waals surface area contributed by atoms with Gasteiger partial charge in [0.15, 0.2) is 0 Å². The van der Waals surface area contributed by atoms with Crippen LogP contribution in [0.3, 0.4) is 0 Å². The summed E-state index contributed by atoms with van der Waals surface area (Å²) in [6.45, 7) is 7.98. The summed E-state index contributed by atoms with van der Waals surface area (Å²) in [5.74, 6) is -0.515. The Labute approximate surface area is 197 Å². The third-order valence-electron chi connectivity index (χ3n) is 6.57. The fourth-order valence-corrected chi connectivity index (χ4v) is 5.17. The van der Waals surface area contributed by atoms with E-state index in [-0.39, 0.29) is 11.0 Å². The Kier molecular flexibility index (Phi) is 5.47. The summed E-state index contributed by atoms with van der Waals surface area (Å²) in [5.41, 5.74) is 1.56. The Bertz CT molecular complexity index is 1290. The predicted molar refractivity (Wildman–Crippen MR) is 129 cm³/mol. The molecular formula is C26H25N3O5. The molecule has 0 fully saturated rings. The molecule has 0 aromatic heterocycles. The van der Waals surface area contributed by atoms with Crippen LogP contribution < -0.4 is 4.90 Å². The molecule has 1 amide bonds. The highest BCUT2D eigenvalue weighted by atomic mass is 16.6. The average molecular weight is 460 g/mol. The van der Waals surface area contributed by atoms with Crippen molar-refractivity contribution in [1.82, 2.24) is 0 Å². The molecular weight excluding hydrogens is 434 g/mol. The number of hydrogen-bond acceptors (Lipinski definition) is 5. The fraction of sp³-hybridized carbons (Fsp3) is 0.269. The van der Waals surface area contributed by atoms with E-state index >= 15 is 0 Å². The van der Waals surface area contributed by atoms with Crippen molar-refractivity contribution in [3.8, 4) is 0 Å². The maximum absolute atomic E-state index is 13.9. The van der Waals surface area contributed by atoms with Crippen molar-refractivity contribution < 1.29 is 14.6 Å².